The minimum Gasteiger partial charge on any atom is -0.393 e. The second-order valence-electron chi connectivity index (χ2n) is 15.6. The van der Waals surface area contributed by atoms with Crippen LogP contribution in [0.25, 0.3) is 0 Å². The fraction of sp³-hybridized carbons (Fsp3) is 0.935. The largest absolute Gasteiger partial charge is 0.393 e. The highest BCUT2D eigenvalue weighted by molar-refractivity contribution is 5.40. The van der Waals surface area contributed by atoms with Gasteiger partial charge in [0.05, 0.1) is 12.2 Å². The van der Waals surface area contributed by atoms with Gasteiger partial charge in [-0.15, -0.1) is 0 Å². The van der Waals surface area contributed by atoms with Gasteiger partial charge in [-0.05, 0) is 96.7 Å². The molecule has 3 saturated heterocycles. The molecule has 14 atom stereocenters. The quantitative estimate of drug-likeness (QED) is 0.385. The van der Waals surface area contributed by atoms with E-state index in [1.165, 1.54) is 25.7 Å². The van der Waals surface area contributed by atoms with Crippen LogP contribution in [0.3, 0.4) is 0 Å². The summed E-state index contributed by atoms with van der Waals surface area (Å²) >= 11 is 0. The van der Waals surface area contributed by atoms with Crippen molar-refractivity contribution in [2.45, 2.75) is 122 Å². The maximum Gasteiger partial charge on any atom is 0.201 e. The number of hydrogen-bond donors (Lipinski definition) is 1. The van der Waals surface area contributed by atoms with Crippen LogP contribution in [0.5, 0.6) is 0 Å². The second-order valence-corrected chi connectivity index (χ2v) is 15.6. The van der Waals surface area contributed by atoms with Gasteiger partial charge in [-0.25, -0.2) is 0 Å². The molecule has 36 heavy (non-hydrogen) atoms. The van der Waals surface area contributed by atoms with Crippen LogP contribution in [0.15, 0.2) is 11.6 Å². The van der Waals surface area contributed by atoms with Crippen LogP contribution < -0.4 is 0 Å². The molecule has 1 N–H and O–H groups in total. The molecule has 0 aromatic carbocycles. The summed E-state index contributed by atoms with van der Waals surface area (Å²) in [5.74, 6) is 2.35. The molecule has 5 heteroatoms. The first-order valence-electron chi connectivity index (χ1n) is 14.8. The Hall–Kier alpha value is -0.460. The molecule has 8 aliphatic rings. The molecule has 0 aromatic rings. The van der Waals surface area contributed by atoms with Crippen LogP contribution in [0.4, 0.5) is 0 Å². The van der Waals surface area contributed by atoms with E-state index in [0.717, 1.165) is 19.3 Å². The molecule has 3 heterocycles. The van der Waals surface area contributed by atoms with Crippen LogP contribution in [0.2, 0.25) is 0 Å². The van der Waals surface area contributed by atoms with Gasteiger partial charge >= 0.3 is 0 Å². The van der Waals surface area contributed by atoms with E-state index in [1.807, 2.05) is 0 Å². The summed E-state index contributed by atoms with van der Waals surface area (Å²) in [5.41, 5.74) is 2.26. The topological polar surface area (TPSA) is 60.5 Å². The second kappa shape index (κ2) is 6.46. The van der Waals surface area contributed by atoms with Crippen molar-refractivity contribution in [3.05, 3.63) is 11.6 Å². The summed E-state index contributed by atoms with van der Waals surface area (Å²) < 4.78 is 25.5. The summed E-state index contributed by atoms with van der Waals surface area (Å²) in [6.07, 6.45) is 10.4. The third kappa shape index (κ3) is 2.33. The fourth-order valence-electron chi connectivity index (χ4n) is 12.1. The van der Waals surface area contributed by atoms with E-state index in [9.17, 15) is 5.11 Å². The van der Waals surface area contributed by atoms with Gasteiger partial charge in [0.2, 0.25) is 5.79 Å². The molecular formula is C31H46O5. The third-order valence-corrected chi connectivity index (χ3v) is 14.1. The molecule has 0 aromatic heterocycles. The standard InChI is InChI=1S/C31H46O5/c1-16-13-31(24-29(6,35-24)25(33-7)36-31)34-20-15-28(5)18-8-9-21-26(2,3)22(32)12-17-14-30(17,21)19(18)10-11-27(28,4)23(16)20/h10,16-18,20-25,32H,8-9,11-15H2,1-7H3/t16-,17+,18-,20+,21?,22+,23+,24-,25+,27-,28+,29+,30-,31-/m1/s1. The lowest BCUT2D eigenvalue weighted by molar-refractivity contribution is -0.347. The van der Waals surface area contributed by atoms with Crippen LogP contribution >= 0.6 is 0 Å². The Morgan fingerprint density at radius 2 is 1.75 bits per heavy atom. The Morgan fingerprint density at radius 1 is 0.972 bits per heavy atom. The Bertz CT molecular complexity index is 1050. The molecule has 0 radical (unpaired) electrons. The van der Waals surface area contributed by atoms with E-state index in [2.05, 4.69) is 47.6 Å². The zero-order valence-corrected chi connectivity index (χ0v) is 23.3. The van der Waals surface area contributed by atoms with E-state index < -0.39 is 5.79 Å². The van der Waals surface area contributed by atoms with Gasteiger partial charge in [0.1, 0.15) is 11.7 Å². The fourth-order valence-corrected chi connectivity index (χ4v) is 12.1. The molecule has 0 amide bonds. The molecule has 1 unspecified atom stereocenters. The first-order chi connectivity index (χ1) is 16.9. The monoisotopic (exact) mass is 498 g/mol. The highest BCUT2D eigenvalue weighted by Crippen LogP contribution is 2.81. The first kappa shape index (κ1) is 23.4. The molecule has 200 valence electrons. The van der Waals surface area contributed by atoms with Crippen molar-refractivity contribution in [1.29, 1.82) is 0 Å². The lowest BCUT2D eigenvalue weighted by Crippen LogP contribution is -2.56. The van der Waals surface area contributed by atoms with Crippen LogP contribution in [-0.2, 0) is 18.9 Å². The van der Waals surface area contributed by atoms with Crippen molar-refractivity contribution in [2.24, 2.45) is 51.2 Å². The van der Waals surface area contributed by atoms with E-state index in [-0.39, 0.29) is 46.4 Å². The highest BCUT2D eigenvalue weighted by atomic mass is 16.8. The van der Waals surface area contributed by atoms with E-state index in [1.54, 1.807) is 12.7 Å². The van der Waals surface area contributed by atoms with E-state index in [4.69, 9.17) is 18.9 Å². The Balaban J connectivity index is 1.15. The van der Waals surface area contributed by atoms with Gasteiger partial charge in [0.25, 0.3) is 0 Å². The number of rotatable bonds is 1. The Morgan fingerprint density at radius 3 is 2.47 bits per heavy atom. The summed E-state index contributed by atoms with van der Waals surface area (Å²) in [6, 6.07) is 0. The van der Waals surface area contributed by atoms with Crippen molar-refractivity contribution in [3.8, 4) is 0 Å². The molecular weight excluding hydrogens is 452 g/mol. The first-order valence-corrected chi connectivity index (χ1v) is 14.8. The van der Waals surface area contributed by atoms with Crippen molar-refractivity contribution in [1.82, 2.24) is 0 Å². The number of epoxide rings is 1. The van der Waals surface area contributed by atoms with Crippen LogP contribution in [0, 0.1) is 51.2 Å². The third-order valence-electron chi connectivity index (χ3n) is 14.1. The van der Waals surface area contributed by atoms with Crippen molar-refractivity contribution in [2.75, 3.05) is 7.11 Å². The minimum atomic E-state index is -0.659. The maximum absolute atomic E-state index is 11.0. The van der Waals surface area contributed by atoms with Gasteiger partial charge < -0.3 is 24.1 Å². The van der Waals surface area contributed by atoms with Crippen molar-refractivity contribution >= 4 is 0 Å². The van der Waals surface area contributed by atoms with Crippen LogP contribution in [0.1, 0.15) is 86.5 Å². The maximum atomic E-state index is 11.0. The summed E-state index contributed by atoms with van der Waals surface area (Å²) in [4.78, 5) is 0. The predicted octanol–water partition coefficient (Wildman–Crippen LogP) is 5.45. The smallest absolute Gasteiger partial charge is 0.201 e. The Kier molecular flexibility index (Phi) is 4.21. The molecule has 3 aliphatic heterocycles. The normalized spacial score (nSPS) is 65.4. The van der Waals surface area contributed by atoms with Gasteiger partial charge in [-0.3, -0.25) is 0 Å². The SMILES string of the molecule is CO[C@H]1O[C@]2(C[C@@H](C)[C@H]3[C@H](C[C@@]4(C)[C@@H]5CCC6C(C)(C)[C@@H](O)C[C@H]7C[C@@]67C5=CC[C@]34C)O2)[C@@H]2O[C@]12C. The lowest BCUT2D eigenvalue weighted by atomic mass is 9.44. The molecule has 5 nitrogen and oxygen atoms in total. The van der Waals surface area contributed by atoms with Crippen molar-refractivity contribution in [3.63, 3.8) is 0 Å². The highest BCUT2D eigenvalue weighted by Gasteiger charge is 2.80. The number of ether oxygens (including phenoxy) is 4. The minimum absolute atomic E-state index is 0.0166. The molecule has 2 spiro atoms. The van der Waals surface area contributed by atoms with E-state index in [0.29, 0.717) is 35.0 Å². The molecule has 5 aliphatic carbocycles. The Labute approximate surface area is 216 Å². The number of hydrogen-bond acceptors (Lipinski definition) is 5. The summed E-state index contributed by atoms with van der Waals surface area (Å²) in [5, 5.41) is 11.0. The number of fused-ring (bicyclic) bond motifs is 7. The molecule has 0 bridgehead atoms. The number of methoxy groups -OCH3 is 1. The van der Waals surface area contributed by atoms with Gasteiger partial charge in [0.15, 0.2) is 6.29 Å². The van der Waals surface area contributed by atoms with Gasteiger partial charge in [-0.1, -0.05) is 46.3 Å². The van der Waals surface area contributed by atoms with Gasteiger partial charge in [0, 0.05) is 13.5 Å². The average molecular weight is 499 g/mol. The molecule has 4 saturated carbocycles. The van der Waals surface area contributed by atoms with Gasteiger partial charge in [-0.2, -0.15) is 0 Å². The number of aliphatic hydroxyl groups excluding tert-OH is 1. The predicted molar refractivity (Wildman–Crippen MR) is 135 cm³/mol. The molecule has 8 rings (SSSR count). The summed E-state index contributed by atoms with van der Waals surface area (Å²) in [6.45, 7) is 14.5. The molecule has 7 fully saturated rings. The van der Waals surface area contributed by atoms with Crippen molar-refractivity contribution < 1.29 is 24.1 Å². The van der Waals surface area contributed by atoms with Crippen LogP contribution in [-0.4, -0.2) is 48.2 Å². The van der Waals surface area contributed by atoms with E-state index >= 15 is 0 Å². The lowest BCUT2D eigenvalue weighted by Gasteiger charge is -2.61. The number of allylic oxidation sites excluding steroid dienone is 2. The average Bonchev–Trinajstić information content (AvgIpc) is 3.65. The summed E-state index contributed by atoms with van der Waals surface area (Å²) in [7, 11) is 1.72. The zero-order valence-electron chi connectivity index (χ0n) is 23.3. The zero-order chi connectivity index (χ0) is 25.3. The number of aliphatic hydroxyl groups is 1.